The average Bonchev–Trinajstić information content (AvgIpc) is 3.23. The van der Waals surface area contributed by atoms with Crippen molar-refractivity contribution in [3.8, 4) is 0 Å². The molecule has 152 valence electrons. The number of para-hydroxylation sites is 2. The molecular weight excluding hydrogens is 378 g/mol. The van der Waals surface area contributed by atoms with E-state index in [4.69, 9.17) is 0 Å². The molecule has 2 aromatic carbocycles. The SMILES string of the molecule is O=C(Nc1ccc(CCNC[C@H](O)c2cccnc2)cc1)c1nc2ccccc2[nH]1. The summed E-state index contributed by atoms with van der Waals surface area (Å²) >= 11 is 0. The predicted molar refractivity (Wildman–Crippen MR) is 116 cm³/mol. The monoisotopic (exact) mass is 401 g/mol. The van der Waals surface area contributed by atoms with Crippen LogP contribution < -0.4 is 10.6 Å². The summed E-state index contributed by atoms with van der Waals surface area (Å²) in [6, 6.07) is 18.9. The summed E-state index contributed by atoms with van der Waals surface area (Å²) in [4.78, 5) is 23.8. The number of amides is 1. The first-order chi connectivity index (χ1) is 14.7. The number of carbonyl (C=O) groups is 1. The lowest BCUT2D eigenvalue weighted by atomic mass is 10.1. The topological polar surface area (TPSA) is 103 Å². The highest BCUT2D eigenvalue weighted by atomic mass is 16.3. The minimum Gasteiger partial charge on any atom is -0.387 e. The minimum atomic E-state index is -0.575. The summed E-state index contributed by atoms with van der Waals surface area (Å²) in [5.74, 6) is 0.0154. The zero-order valence-electron chi connectivity index (χ0n) is 16.4. The first kappa shape index (κ1) is 19.8. The molecule has 2 aromatic heterocycles. The van der Waals surface area contributed by atoms with Gasteiger partial charge in [0.05, 0.1) is 17.1 Å². The highest BCUT2D eigenvalue weighted by Crippen LogP contribution is 2.14. The van der Waals surface area contributed by atoms with Gasteiger partial charge in [-0.05, 0) is 48.9 Å². The molecule has 4 N–H and O–H groups in total. The number of imidazole rings is 1. The van der Waals surface area contributed by atoms with E-state index in [0.717, 1.165) is 35.1 Å². The van der Waals surface area contributed by atoms with Crippen LogP contribution in [0.3, 0.4) is 0 Å². The van der Waals surface area contributed by atoms with Crippen LogP contribution in [0.2, 0.25) is 0 Å². The Labute approximate surface area is 174 Å². The summed E-state index contributed by atoms with van der Waals surface area (Å²) < 4.78 is 0. The zero-order valence-corrected chi connectivity index (χ0v) is 16.4. The number of nitrogens with zero attached hydrogens (tertiary/aromatic N) is 2. The molecule has 0 saturated heterocycles. The lowest BCUT2D eigenvalue weighted by Gasteiger charge is -2.12. The first-order valence-corrected chi connectivity index (χ1v) is 9.83. The Bertz CT molecular complexity index is 1080. The number of anilines is 1. The van der Waals surface area contributed by atoms with Gasteiger partial charge in [-0.3, -0.25) is 9.78 Å². The summed E-state index contributed by atoms with van der Waals surface area (Å²) in [6.07, 6.45) is 3.60. The van der Waals surface area contributed by atoms with Gasteiger partial charge in [0.2, 0.25) is 0 Å². The minimum absolute atomic E-state index is 0.273. The van der Waals surface area contributed by atoms with Gasteiger partial charge in [-0.1, -0.05) is 30.3 Å². The van der Waals surface area contributed by atoms with Gasteiger partial charge < -0.3 is 20.7 Å². The second-order valence-electron chi connectivity index (χ2n) is 7.01. The molecule has 4 rings (SSSR count). The van der Waals surface area contributed by atoms with E-state index >= 15 is 0 Å². The predicted octanol–water partition coefficient (Wildman–Crippen LogP) is 3.08. The van der Waals surface area contributed by atoms with E-state index in [2.05, 4.69) is 25.6 Å². The van der Waals surface area contributed by atoms with E-state index in [9.17, 15) is 9.90 Å². The van der Waals surface area contributed by atoms with Crippen molar-refractivity contribution in [3.05, 3.63) is 90.0 Å². The Morgan fingerprint density at radius 2 is 1.90 bits per heavy atom. The van der Waals surface area contributed by atoms with Crippen molar-refractivity contribution in [3.63, 3.8) is 0 Å². The number of nitrogens with one attached hydrogen (secondary N) is 3. The number of carbonyl (C=O) groups excluding carboxylic acids is 1. The fourth-order valence-corrected chi connectivity index (χ4v) is 3.17. The molecule has 30 heavy (non-hydrogen) atoms. The van der Waals surface area contributed by atoms with Crippen molar-refractivity contribution < 1.29 is 9.90 Å². The van der Waals surface area contributed by atoms with Crippen LogP contribution in [0.4, 0.5) is 5.69 Å². The van der Waals surface area contributed by atoms with Crippen LogP contribution in [0.1, 0.15) is 27.8 Å². The number of aliphatic hydroxyl groups excluding tert-OH is 1. The molecule has 7 heteroatoms. The summed E-state index contributed by atoms with van der Waals surface area (Å²) in [5.41, 5.74) is 4.25. The largest absolute Gasteiger partial charge is 0.387 e. The number of pyridine rings is 1. The molecule has 0 radical (unpaired) electrons. The lowest BCUT2D eigenvalue weighted by molar-refractivity contribution is 0.101. The Hall–Kier alpha value is -3.55. The molecule has 0 fully saturated rings. The number of rotatable bonds is 8. The highest BCUT2D eigenvalue weighted by Gasteiger charge is 2.11. The third kappa shape index (κ3) is 4.89. The third-order valence-corrected chi connectivity index (χ3v) is 4.81. The van der Waals surface area contributed by atoms with E-state index in [-0.39, 0.29) is 11.7 Å². The molecule has 0 aliphatic rings. The van der Waals surface area contributed by atoms with Gasteiger partial charge in [-0.2, -0.15) is 0 Å². The maximum Gasteiger partial charge on any atom is 0.291 e. The number of benzene rings is 2. The van der Waals surface area contributed by atoms with Gasteiger partial charge >= 0.3 is 0 Å². The molecule has 0 spiro atoms. The number of hydrogen-bond acceptors (Lipinski definition) is 5. The van der Waals surface area contributed by atoms with Crippen LogP contribution in [-0.4, -0.2) is 39.1 Å². The maximum atomic E-state index is 12.4. The molecule has 1 atom stereocenters. The summed E-state index contributed by atoms with van der Waals surface area (Å²) in [7, 11) is 0. The average molecular weight is 401 g/mol. The van der Waals surface area contributed by atoms with Crippen LogP contribution in [-0.2, 0) is 6.42 Å². The number of H-pyrrole nitrogens is 1. The van der Waals surface area contributed by atoms with E-state index in [1.54, 1.807) is 12.4 Å². The zero-order chi connectivity index (χ0) is 20.8. The molecule has 0 saturated carbocycles. The first-order valence-electron chi connectivity index (χ1n) is 9.83. The van der Waals surface area contributed by atoms with Crippen LogP contribution in [0.5, 0.6) is 0 Å². The van der Waals surface area contributed by atoms with Gasteiger partial charge in [0.25, 0.3) is 5.91 Å². The Morgan fingerprint density at radius 1 is 1.07 bits per heavy atom. The van der Waals surface area contributed by atoms with Crippen molar-refractivity contribution in [1.82, 2.24) is 20.3 Å². The van der Waals surface area contributed by atoms with Crippen LogP contribution >= 0.6 is 0 Å². The van der Waals surface area contributed by atoms with Gasteiger partial charge in [-0.15, -0.1) is 0 Å². The van der Waals surface area contributed by atoms with Crippen molar-refractivity contribution in [2.75, 3.05) is 18.4 Å². The van der Waals surface area contributed by atoms with E-state index in [1.165, 1.54) is 0 Å². The molecule has 0 aliphatic carbocycles. The van der Waals surface area contributed by atoms with Crippen molar-refractivity contribution in [2.24, 2.45) is 0 Å². The molecule has 1 amide bonds. The number of fused-ring (bicyclic) bond motifs is 1. The second kappa shape index (κ2) is 9.30. The molecule has 0 bridgehead atoms. The number of aliphatic hydroxyl groups is 1. The molecule has 0 unspecified atom stereocenters. The van der Waals surface area contributed by atoms with Gasteiger partial charge in [0.15, 0.2) is 5.82 Å². The normalized spacial score (nSPS) is 12.0. The number of aromatic nitrogens is 3. The molecule has 0 aliphatic heterocycles. The van der Waals surface area contributed by atoms with Crippen LogP contribution in [0, 0.1) is 0 Å². The third-order valence-electron chi connectivity index (χ3n) is 4.81. The quantitative estimate of drug-likeness (QED) is 0.340. The lowest BCUT2D eigenvalue weighted by Crippen LogP contribution is -2.23. The number of hydrogen-bond donors (Lipinski definition) is 4. The van der Waals surface area contributed by atoms with E-state index in [1.807, 2.05) is 60.7 Å². The van der Waals surface area contributed by atoms with Crippen molar-refractivity contribution in [1.29, 1.82) is 0 Å². The van der Waals surface area contributed by atoms with Gasteiger partial charge in [0.1, 0.15) is 0 Å². The fourth-order valence-electron chi connectivity index (χ4n) is 3.17. The smallest absolute Gasteiger partial charge is 0.291 e. The van der Waals surface area contributed by atoms with E-state index in [0.29, 0.717) is 12.2 Å². The molecular formula is C23H23N5O2. The van der Waals surface area contributed by atoms with Crippen molar-refractivity contribution in [2.45, 2.75) is 12.5 Å². The fraction of sp³-hybridized carbons (Fsp3) is 0.174. The molecule has 2 heterocycles. The highest BCUT2D eigenvalue weighted by molar-refractivity contribution is 6.03. The summed E-state index contributed by atoms with van der Waals surface area (Å²) in [6.45, 7) is 1.21. The second-order valence-corrected chi connectivity index (χ2v) is 7.01. The van der Waals surface area contributed by atoms with Gasteiger partial charge in [0, 0.05) is 30.2 Å². The maximum absolute atomic E-state index is 12.4. The summed E-state index contributed by atoms with van der Waals surface area (Å²) in [5, 5.41) is 16.2. The number of aromatic amines is 1. The Balaban J connectivity index is 1.25. The van der Waals surface area contributed by atoms with Crippen LogP contribution in [0.25, 0.3) is 11.0 Å². The standard InChI is InChI=1S/C23H23N5O2/c29-21(17-4-3-12-24-14-17)15-25-13-11-16-7-9-18(10-8-16)26-23(30)22-27-19-5-1-2-6-20(19)28-22/h1-10,12,14,21,25,29H,11,13,15H2,(H,26,30)(H,27,28)/t21-/m0/s1. The molecule has 4 aromatic rings. The van der Waals surface area contributed by atoms with Crippen molar-refractivity contribution >= 4 is 22.6 Å². The Morgan fingerprint density at radius 3 is 2.67 bits per heavy atom. The van der Waals surface area contributed by atoms with E-state index < -0.39 is 6.10 Å². The molecule has 7 nitrogen and oxygen atoms in total. The van der Waals surface area contributed by atoms with Crippen LogP contribution in [0.15, 0.2) is 73.1 Å². The van der Waals surface area contributed by atoms with Gasteiger partial charge in [-0.25, -0.2) is 4.98 Å². The Kier molecular flexibility index (Phi) is 6.12.